The van der Waals surface area contributed by atoms with Gasteiger partial charge in [-0.05, 0) is 36.2 Å². The summed E-state index contributed by atoms with van der Waals surface area (Å²) in [5, 5.41) is 2.64. The number of hydrogen-bond acceptors (Lipinski definition) is 5. The summed E-state index contributed by atoms with van der Waals surface area (Å²) in [6, 6.07) is 8.38. The summed E-state index contributed by atoms with van der Waals surface area (Å²) in [5.74, 6) is -0.896. The SMILES string of the molecule is COc1ccc(OCc2cccc(C(F)(F)F)c2)cc1NC(=O)C1CCC(=O)N1C(C)=O. The number of amides is 3. The number of imide groups is 1. The standard InChI is InChI=1S/C22H21F3N2O5/c1-13(28)27-18(7-9-20(27)29)21(30)26-17-11-16(6-8-19(17)31-2)32-12-14-4-3-5-15(10-14)22(23,24)25/h3-6,8,10-11,18H,7,9,12H2,1-2H3,(H,26,30). The monoisotopic (exact) mass is 450 g/mol. The Morgan fingerprint density at radius 1 is 1.19 bits per heavy atom. The van der Waals surface area contributed by atoms with E-state index in [1.165, 1.54) is 38.3 Å². The van der Waals surface area contributed by atoms with Crippen LogP contribution < -0.4 is 14.8 Å². The van der Waals surface area contributed by atoms with Gasteiger partial charge >= 0.3 is 6.18 Å². The van der Waals surface area contributed by atoms with Crippen LogP contribution in [0, 0.1) is 0 Å². The minimum absolute atomic E-state index is 0.0922. The number of methoxy groups -OCH3 is 1. The van der Waals surface area contributed by atoms with Crippen molar-refractivity contribution in [2.24, 2.45) is 0 Å². The molecular weight excluding hydrogens is 429 g/mol. The summed E-state index contributed by atoms with van der Waals surface area (Å²) in [6.07, 6.45) is -4.16. The second-order valence-electron chi connectivity index (χ2n) is 7.18. The average Bonchev–Trinajstić information content (AvgIpc) is 3.14. The van der Waals surface area contributed by atoms with Gasteiger partial charge in [-0.25, -0.2) is 0 Å². The Hall–Kier alpha value is -3.56. The van der Waals surface area contributed by atoms with Crippen LogP contribution in [0.1, 0.15) is 30.9 Å². The van der Waals surface area contributed by atoms with Gasteiger partial charge in [0.2, 0.25) is 17.7 Å². The lowest BCUT2D eigenvalue weighted by molar-refractivity contribution is -0.145. The summed E-state index contributed by atoms with van der Waals surface area (Å²) in [5.41, 5.74) is -0.216. The van der Waals surface area contributed by atoms with E-state index in [1.807, 2.05) is 0 Å². The van der Waals surface area contributed by atoms with Crippen LogP contribution in [0.25, 0.3) is 0 Å². The number of benzene rings is 2. The maximum absolute atomic E-state index is 12.9. The summed E-state index contributed by atoms with van der Waals surface area (Å²) < 4.78 is 49.5. The Balaban J connectivity index is 1.74. The molecule has 7 nitrogen and oxygen atoms in total. The van der Waals surface area contributed by atoms with E-state index >= 15 is 0 Å². The van der Waals surface area contributed by atoms with Gasteiger partial charge in [-0.2, -0.15) is 13.2 Å². The molecule has 0 radical (unpaired) electrons. The Labute approximate surface area is 182 Å². The van der Waals surface area contributed by atoms with Gasteiger partial charge in [0.1, 0.15) is 24.1 Å². The number of ether oxygens (including phenoxy) is 2. The first-order chi connectivity index (χ1) is 15.1. The van der Waals surface area contributed by atoms with Crippen LogP contribution >= 0.6 is 0 Å². The molecule has 3 rings (SSSR count). The van der Waals surface area contributed by atoms with Crippen molar-refractivity contribution in [3.8, 4) is 11.5 Å². The number of anilines is 1. The van der Waals surface area contributed by atoms with Crippen molar-refractivity contribution < 1.29 is 37.0 Å². The smallest absolute Gasteiger partial charge is 0.416 e. The van der Waals surface area contributed by atoms with E-state index in [0.717, 1.165) is 17.0 Å². The molecule has 1 unspecified atom stereocenters. The second-order valence-corrected chi connectivity index (χ2v) is 7.18. The van der Waals surface area contributed by atoms with Gasteiger partial charge in [0.15, 0.2) is 0 Å². The number of carbonyl (C=O) groups is 3. The van der Waals surface area contributed by atoms with Gasteiger partial charge in [-0.3, -0.25) is 19.3 Å². The fourth-order valence-corrected chi connectivity index (χ4v) is 3.42. The zero-order valence-corrected chi connectivity index (χ0v) is 17.4. The van der Waals surface area contributed by atoms with E-state index in [4.69, 9.17) is 9.47 Å². The van der Waals surface area contributed by atoms with Crippen molar-refractivity contribution >= 4 is 23.4 Å². The molecule has 1 atom stereocenters. The molecule has 170 valence electrons. The zero-order valence-electron chi connectivity index (χ0n) is 17.4. The first-order valence-corrected chi connectivity index (χ1v) is 9.70. The molecule has 1 aliphatic rings. The normalized spacial score (nSPS) is 16.1. The third-order valence-corrected chi connectivity index (χ3v) is 4.94. The lowest BCUT2D eigenvalue weighted by Crippen LogP contribution is -2.44. The minimum Gasteiger partial charge on any atom is -0.495 e. The number of halogens is 3. The molecule has 1 aliphatic heterocycles. The first kappa shape index (κ1) is 23.1. The Bertz CT molecular complexity index is 1040. The van der Waals surface area contributed by atoms with E-state index in [9.17, 15) is 27.6 Å². The van der Waals surface area contributed by atoms with Crippen molar-refractivity contribution in [2.45, 2.75) is 38.6 Å². The molecule has 3 amide bonds. The number of nitrogens with zero attached hydrogens (tertiary/aromatic N) is 1. The highest BCUT2D eigenvalue weighted by molar-refractivity contribution is 6.06. The predicted molar refractivity (Wildman–Crippen MR) is 108 cm³/mol. The van der Waals surface area contributed by atoms with Crippen LogP contribution in [0.2, 0.25) is 0 Å². The molecule has 1 heterocycles. The summed E-state index contributed by atoms with van der Waals surface area (Å²) in [7, 11) is 1.40. The molecule has 0 aliphatic carbocycles. The topological polar surface area (TPSA) is 84.9 Å². The molecule has 1 saturated heterocycles. The van der Waals surface area contributed by atoms with Crippen LogP contribution in [0.5, 0.6) is 11.5 Å². The van der Waals surface area contributed by atoms with Crippen molar-refractivity contribution in [1.82, 2.24) is 4.90 Å². The fourth-order valence-electron chi connectivity index (χ4n) is 3.42. The third-order valence-electron chi connectivity index (χ3n) is 4.94. The molecule has 0 bridgehead atoms. The number of alkyl halides is 3. The summed E-state index contributed by atoms with van der Waals surface area (Å²) in [4.78, 5) is 37.2. The molecule has 2 aromatic carbocycles. The molecule has 1 fully saturated rings. The van der Waals surface area contributed by atoms with E-state index in [2.05, 4.69) is 5.32 Å². The predicted octanol–water partition coefficient (Wildman–Crippen LogP) is 3.77. The number of carbonyl (C=O) groups excluding carboxylic acids is 3. The molecule has 1 N–H and O–H groups in total. The van der Waals surface area contributed by atoms with Gasteiger partial charge in [0.05, 0.1) is 18.4 Å². The maximum atomic E-state index is 12.9. The number of hydrogen-bond donors (Lipinski definition) is 1. The lowest BCUT2D eigenvalue weighted by Gasteiger charge is -2.21. The van der Waals surface area contributed by atoms with Gasteiger partial charge in [-0.15, -0.1) is 0 Å². The highest BCUT2D eigenvalue weighted by atomic mass is 19.4. The Kier molecular flexibility index (Phi) is 6.71. The Morgan fingerprint density at radius 3 is 2.59 bits per heavy atom. The first-order valence-electron chi connectivity index (χ1n) is 9.70. The summed E-state index contributed by atoms with van der Waals surface area (Å²) >= 11 is 0. The quantitative estimate of drug-likeness (QED) is 0.724. The van der Waals surface area contributed by atoms with Crippen molar-refractivity contribution in [3.05, 3.63) is 53.6 Å². The molecule has 32 heavy (non-hydrogen) atoms. The van der Waals surface area contributed by atoms with Gasteiger partial charge in [-0.1, -0.05) is 12.1 Å². The molecule has 10 heteroatoms. The molecule has 0 aromatic heterocycles. The minimum atomic E-state index is -4.46. The highest BCUT2D eigenvalue weighted by Crippen LogP contribution is 2.32. The van der Waals surface area contributed by atoms with Gasteiger partial charge in [0.25, 0.3) is 0 Å². The molecular formula is C22H21F3N2O5. The van der Waals surface area contributed by atoms with Crippen LogP contribution in [-0.4, -0.2) is 35.8 Å². The van der Waals surface area contributed by atoms with Crippen molar-refractivity contribution in [2.75, 3.05) is 12.4 Å². The second kappa shape index (κ2) is 9.29. The van der Waals surface area contributed by atoms with Crippen molar-refractivity contribution in [1.29, 1.82) is 0 Å². The van der Waals surface area contributed by atoms with E-state index < -0.39 is 35.5 Å². The zero-order chi connectivity index (χ0) is 23.5. The van der Waals surface area contributed by atoms with Crippen molar-refractivity contribution in [3.63, 3.8) is 0 Å². The van der Waals surface area contributed by atoms with E-state index in [-0.39, 0.29) is 30.9 Å². The van der Waals surface area contributed by atoms with Gasteiger partial charge in [0, 0.05) is 19.4 Å². The third kappa shape index (κ3) is 5.19. The van der Waals surface area contributed by atoms with Crippen LogP contribution in [0.3, 0.4) is 0 Å². The molecule has 2 aromatic rings. The van der Waals surface area contributed by atoms with Crippen LogP contribution in [0.4, 0.5) is 18.9 Å². The van der Waals surface area contributed by atoms with Crippen LogP contribution in [-0.2, 0) is 27.2 Å². The number of likely N-dealkylation sites (tertiary alicyclic amines) is 1. The molecule has 0 saturated carbocycles. The maximum Gasteiger partial charge on any atom is 0.416 e. The van der Waals surface area contributed by atoms with Crippen LogP contribution in [0.15, 0.2) is 42.5 Å². The highest BCUT2D eigenvalue weighted by Gasteiger charge is 2.38. The molecule has 0 spiro atoms. The van der Waals surface area contributed by atoms with E-state index in [1.54, 1.807) is 6.07 Å². The fraction of sp³-hybridized carbons (Fsp3) is 0.318. The Morgan fingerprint density at radius 2 is 1.94 bits per heavy atom. The summed E-state index contributed by atoms with van der Waals surface area (Å²) in [6.45, 7) is 1.09. The number of rotatable bonds is 6. The van der Waals surface area contributed by atoms with Gasteiger partial charge < -0.3 is 14.8 Å². The largest absolute Gasteiger partial charge is 0.495 e. The lowest BCUT2D eigenvalue weighted by atomic mass is 10.1. The average molecular weight is 450 g/mol. The number of nitrogens with one attached hydrogen (secondary N) is 1. The van der Waals surface area contributed by atoms with E-state index in [0.29, 0.717) is 11.3 Å².